The molecule has 5 aromatic rings. The predicted molar refractivity (Wildman–Crippen MR) is 171 cm³/mol. The van der Waals surface area contributed by atoms with E-state index in [0.717, 1.165) is 17.2 Å². The fourth-order valence-corrected chi connectivity index (χ4v) is 6.26. The highest BCUT2D eigenvalue weighted by Gasteiger charge is 2.41. The molecule has 0 aliphatic heterocycles. The summed E-state index contributed by atoms with van der Waals surface area (Å²) < 4.78 is 87.3. The first-order valence-electron chi connectivity index (χ1n) is 14.8. The number of aromatic nitrogens is 3. The van der Waals surface area contributed by atoms with E-state index in [1.54, 1.807) is 42.5 Å². The first kappa shape index (κ1) is 34.3. The van der Waals surface area contributed by atoms with Gasteiger partial charge in [0.2, 0.25) is 0 Å². The summed E-state index contributed by atoms with van der Waals surface area (Å²) in [4.78, 5) is 18.8. The minimum atomic E-state index is -4.95. The Bertz CT molecular complexity index is 2020. The summed E-state index contributed by atoms with van der Waals surface area (Å²) in [5.41, 5.74) is 0.409. The Morgan fingerprint density at radius 2 is 1.54 bits per heavy atom. The largest absolute Gasteiger partial charge is 0.493 e. The van der Waals surface area contributed by atoms with E-state index < -0.39 is 44.3 Å². The Hall–Kier alpha value is -5.01. The molecule has 0 bridgehead atoms. The second-order valence-corrected chi connectivity index (χ2v) is 12.9. The van der Waals surface area contributed by atoms with E-state index in [-0.39, 0.29) is 30.8 Å². The average molecular weight is 681 g/mol. The highest BCUT2D eigenvalue weighted by atomic mass is 32.2. The van der Waals surface area contributed by atoms with Crippen LogP contribution in [0, 0.1) is 0 Å². The Balaban J connectivity index is 1.45. The average Bonchev–Trinajstić information content (AvgIpc) is 3.09. The maximum atomic E-state index is 14.0. The van der Waals surface area contributed by atoms with Crippen LogP contribution in [0.25, 0.3) is 11.3 Å². The van der Waals surface area contributed by atoms with E-state index in [2.05, 4.69) is 9.97 Å². The van der Waals surface area contributed by atoms with Crippen molar-refractivity contribution in [1.29, 1.82) is 0 Å². The molecule has 0 spiro atoms. The Morgan fingerprint density at radius 3 is 2.21 bits per heavy atom. The van der Waals surface area contributed by atoms with Gasteiger partial charge in [-0.3, -0.25) is 4.79 Å². The molecule has 9 nitrogen and oxygen atoms in total. The zero-order valence-electron chi connectivity index (χ0n) is 26.1. The van der Waals surface area contributed by atoms with Gasteiger partial charge in [0, 0.05) is 23.9 Å². The first-order chi connectivity index (χ1) is 23.0. The van der Waals surface area contributed by atoms with Crippen molar-refractivity contribution in [3.8, 4) is 22.8 Å². The summed E-state index contributed by atoms with van der Waals surface area (Å²) in [5, 5.41) is -0.847. The molecule has 2 aromatic heterocycles. The third-order valence-corrected chi connectivity index (χ3v) is 9.09. The monoisotopic (exact) mass is 680 g/mol. The van der Waals surface area contributed by atoms with Gasteiger partial charge < -0.3 is 18.8 Å². The summed E-state index contributed by atoms with van der Waals surface area (Å²) in [5.74, 6) is 0.371. The maximum Gasteiger partial charge on any atom is 0.458 e. The van der Waals surface area contributed by atoms with Crippen molar-refractivity contribution in [1.82, 2.24) is 9.55 Å². The molecule has 3 aromatic carbocycles. The molecule has 0 fully saturated rings. The zero-order chi connectivity index (χ0) is 34.3. The Kier molecular flexibility index (Phi) is 10.6. The van der Waals surface area contributed by atoms with Crippen molar-refractivity contribution in [2.24, 2.45) is 0 Å². The van der Waals surface area contributed by atoms with Crippen molar-refractivity contribution in [2.45, 2.75) is 37.0 Å². The van der Waals surface area contributed by atoms with Crippen LogP contribution in [-0.2, 0) is 33.9 Å². The maximum absolute atomic E-state index is 14.0. The lowest BCUT2D eigenvalue weighted by molar-refractivity contribution is -0.424. The molecule has 1 N–H and O–H groups in total. The van der Waals surface area contributed by atoms with Crippen LogP contribution >= 0.6 is 0 Å². The van der Waals surface area contributed by atoms with Crippen molar-refractivity contribution < 1.29 is 40.8 Å². The minimum Gasteiger partial charge on any atom is -0.493 e. The predicted octanol–water partition coefficient (Wildman–Crippen LogP) is 5.93. The van der Waals surface area contributed by atoms with Gasteiger partial charge in [-0.15, -0.1) is 0 Å². The standard InChI is InChI=1S/C35H32F3N3O6S/c1-45-30-15-13-25(19-31(30)46-2)21-41-22-27(14-16-33(41)42)28-20-32(35(36,37)38)40-34(39-28)48(43,44)18-17-29(26-11-7-4-8-12-26)47-23-24-9-5-3-6-10-24/h3-16,19-20,22,29H,17-18,21,23H2,1-2H3/p+1. The molecule has 250 valence electrons. The molecule has 0 amide bonds. The fraction of sp³-hybridized carbons (Fsp3) is 0.229. The highest BCUT2D eigenvalue weighted by Crippen LogP contribution is 2.31. The summed E-state index contributed by atoms with van der Waals surface area (Å²) in [6, 6.07) is 26.6. The van der Waals surface area contributed by atoms with E-state index in [0.29, 0.717) is 17.1 Å². The third-order valence-electron chi connectivity index (χ3n) is 7.54. The van der Waals surface area contributed by atoms with Gasteiger partial charge in [-0.05, 0) is 46.3 Å². The number of nitrogens with one attached hydrogen (secondary N) is 1. The lowest BCUT2D eigenvalue weighted by Crippen LogP contribution is -2.28. The van der Waals surface area contributed by atoms with E-state index in [1.807, 2.05) is 36.4 Å². The second kappa shape index (κ2) is 14.8. The number of benzene rings is 3. The molecule has 13 heteroatoms. The molecule has 2 heterocycles. The van der Waals surface area contributed by atoms with Crippen LogP contribution in [0.1, 0.15) is 34.9 Å². The summed E-state index contributed by atoms with van der Waals surface area (Å²) >= 11 is 0. The van der Waals surface area contributed by atoms with Gasteiger partial charge in [0.1, 0.15) is 5.69 Å². The number of nitrogens with zero attached hydrogens (tertiary/aromatic N) is 2. The van der Waals surface area contributed by atoms with Crippen LogP contribution in [0.15, 0.2) is 113 Å². The van der Waals surface area contributed by atoms with E-state index in [1.165, 1.54) is 37.1 Å². The third kappa shape index (κ3) is 8.47. The van der Waals surface area contributed by atoms with Crippen LogP contribution in [0.2, 0.25) is 0 Å². The first-order valence-corrected chi connectivity index (χ1v) is 16.5. The number of rotatable bonds is 13. The zero-order valence-corrected chi connectivity index (χ0v) is 26.9. The highest BCUT2D eigenvalue weighted by molar-refractivity contribution is 7.91. The fourth-order valence-electron chi connectivity index (χ4n) is 5.04. The molecule has 0 radical (unpaired) electrons. The second-order valence-electron chi connectivity index (χ2n) is 10.9. The van der Waals surface area contributed by atoms with Gasteiger partial charge in [-0.2, -0.15) is 13.2 Å². The normalized spacial score (nSPS) is 12.4. The van der Waals surface area contributed by atoms with Crippen LogP contribution in [-0.4, -0.2) is 37.9 Å². The molecular formula is C35H33F3N3O6S+. The van der Waals surface area contributed by atoms with Crippen molar-refractivity contribution in [3.63, 3.8) is 0 Å². The van der Waals surface area contributed by atoms with Gasteiger partial charge in [0.05, 0.1) is 39.2 Å². The van der Waals surface area contributed by atoms with Gasteiger partial charge in [0.25, 0.3) is 21.1 Å². The Labute approximate surface area is 275 Å². The lowest BCUT2D eigenvalue weighted by Gasteiger charge is -2.18. The van der Waals surface area contributed by atoms with E-state index in [9.17, 15) is 26.4 Å². The number of aromatic amines is 1. The number of halogens is 3. The molecule has 48 heavy (non-hydrogen) atoms. The number of sulfone groups is 1. The molecule has 0 aliphatic carbocycles. The number of methoxy groups -OCH3 is 2. The summed E-state index contributed by atoms with van der Waals surface area (Å²) in [6.45, 7) is 0.261. The summed E-state index contributed by atoms with van der Waals surface area (Å²) in [7, 11) is -1.42. The lowest BCUT2D eigenvalue weighted by atomic mass is 10.1. The van der Waals surface area contributed by atoms with Gasteiger partial charge in [-0.1, -0.05) is 66.7 Å². The quantitative estimate of drug-likeness (QED) is 0.142. The minimum absolute atomic E-state index is 0.0452. The topological polar surface area (TPSA) is 111 Å². The molecule has 1 unspecified atom stereocenters. The van der Waals surface area contributed by atoms with Crippen LogP contribution in [0.4, 0.5) is 13.2 Å². The van der Waals surface area contributed by atoms with Crippen molar-refractivity contribution in [3.05, 3.63) is 136 Å². The van der Waals surface area contributed by atoms with Crippen molar-refractivity contribution in [2.75, 3.05) is 20.0 Å². The number of alkyl halides is 3. The smallest absolute Gasteiger partial charge is 0.458 e. The number of ether oxygens (including phenoxy) is 3. The summed E-state index contributed by atoms with van der Waals surface area (Å²) in [6.07, 6.45) is -4.31. The SMILES string of the molecule is COc1ccc(Cn2cc(-c3cc(C(F)(F)F)nc(S(=O)(=O)CCC(OCc4ccccc4)c4ccccc4)[nH+]3)ccc2=O)cc1OC. The van der Waals surface area contributed by atoms with Gasteiger partial charge in [-0.25, -0.2) is 13.4 Å². The van der Waals surface area contributed by atoms with Gasteiger partial charge in [0.15, 0.2) is 11.5 Å². The van der Waals surface area contributed by atoms with Crippen LogP contribution < -0.4 is 20.0 Å². The van der Waals surface area contributed by atoms with Crippen molar-refractivity contribution >= 4 is 9.84 Å². The van der Waals surface area contributed by atoms with Crippen LogP contribution in [0.5, 0.6) is 11.5 Å². The number of hydrogen-bond acceptors (Lipinski definition) is 7. The molecule has 5 rings (SSSR count). The number of H-pyrrole nitrogens is 1. The van der Waals surface area contributed by atoms with Crippen LogP contribution in [0.3, 0.4) is 0 Å². The molecule has 1 atom stereocenters. The Morgan fingerprint density at radius 1 is 0.854 bits per heavy atom. The molecule has 0 aliphatic rings. The van der Waals surface area contributed by atoms with E-state index >= 15 is 0 Å². The molecule has 0 saturated heterocycles. The number of hydrogen-bond donors (Lipinski definition) is 0. The molecule has 0 saturated carbocycles. The van der Waals surface area contributed by atoms with Gasteiger partial charge >= 0.3 is 11.3 Å². The molecular weight excluding hydrogens is 647 g/mol. The van der Waals surface area contributed by atoms with E-state index in [4.69, 9.17) is 14.2 Å². The number of pyridine rings is 1.